The van der Waals surface area contributed by atoms with Crippen LogP contribution in [0.3, 0.4) is 0 Å². The topological polar surface area (TPSA) is 43.4 Å². The van der Waals surface area contributed by atoms with Gasteiger partial charge in [-0.15, -0.1) is 0 Å². The van der Waals surface area contributed by atoms with Crippen molar-refractivity contribution in [2.24, 2.45) is 11.8 Å². The first-order valence-electron chi connectivity index (χ1n) is 7.31. The summed E-state index contributed by atoms with van der Waals surface area (Å²) in [4.78, 5) is 23.4. The molecule has 18 heavy (non-hydrogen) atoms. The van der Waals surface area contributed by atoms with Crippen molar-refractivity contribution in [2.45, 2.75) is 65.2 Å². The Kier molecular flexibility index (Phi) is 6.99. The molecule has 2 unspecified atom stereocenters. The van der Waals surface area contributed by atoms with Crippen molar-refractivity contribution in [1.82, 2.24) is 0 Å². The molecule has 2 atom stereocenters. The van der Waals surface area contributed by atoms with Gasteiger partial charge < -0.3 is 4.74 Å². The normalized spacial score (nSPS) is 23.7. The molecule has 1 saturated carbocycles. The summed E-state index contributed by atoms with van der Waals surface area (Å²) in [5.74, 6) is 0.885. The van der Waals surface area contributed by atoms with Crippen molar-refractivity contribution in [2.75, 3.05) is 6.61 Å². The van der Waals surface area contributed by atoms with E-state index in [4.69, 9.17) is 4.74 Å². The Morgan fingerprint density at radius 1 is 1.22 bits per heavy atom. The third-order valence-electron chi connectivity index (χ3n) is 3.73. The number of unbranched alkanes of at least 4 members (excludes halogenated alkanes) is 1. The van der Waals surface area contributed by atoms with Crippen LogP contribution in [0.25, 0.3) is 0 Å². The summed E-state index contributed by atoms with van der Waals surface area (Å²) in [7, 11) is 0. The van der Waals surface area contributed by atoms with Gasteiger partial charge in [-0.25, -0.2) is 0 Å². The van der Waals surface area contributed by atoms with Crippen molar-refractivity contribution in [3.05, 3.63) is 0 Å². The van der Waals surface area contributed by atoms with Crippen molar-refractivity contribution in [3.8, 4) is 0 Å². The highest BCUT2D eigenvalue weighted by Crippen LogP contribution is 2.30. The second-order valence-corrected chi connectivity index (χ2v) is 5.51. The summed E-state index contributed by atoms with van der Waals surface area (Å²) in [6, 6.07) is 0. The van der Waals surface area contributed by atoms with Crippen LogP contribution in [0.5, 0.6) is 0 Å². The average molecular weight is 254 g/mol. The van der Waals surface area contributed by atoms with Gasteiger partial charge in [0.2, 0.25) is 0 Å². The number of hydrogen-bond donors (Lipinski definition) is 0. The van der Waals surface area contributed by atoms with Gasteiger partial charge in [0.1, 0.15) is 5.78 Å². The Morgan fingerprint density at radius 3 is 2.67 bits per heavy atom. The van der Waals surface area contributed by atoms with Gasteiger partial charge in [0.25, 0.3) is 0 Å². The third-order valence-corrected chi connectivity index (χ3v) is 3.73. The van der Waals surface area contributed by atoms with E-state index in [0.29, 0.717) is 18.9 Å². The molecule has 3 heteroatoms. The minimum Gasteiger partial charge on any atom is -0.466 e. The van der Waals surface area contributed by atoms with Crippen LogP contribution in [0.15, 0.2) is 0 Å². The molecule has 0 amide bonds. The SMILES string of the molecule is CCCCOC(=O)CCC(=O)C1CCCC(C)C1. The number of ketones is 1. The molecule has 0 saturated heterocycles. The molecule has 104 valence electrons. The van der Waals surface area contributed by atoms with Crippen LogP contribution < -0.4 is 0 Å². The first kappa shape index (κ1) is 15.2. The zero-order chi connectivity index (χ0) is 13.4. The molecular weight excluding hydrogens is 228 g/mol. The molecule has 0 heterocycles. The Hall–Kier alpha value is -0.860. The fourth-order valence-electron chi connectivity index (χ4n) is 2.56. The van der Waals surface area contributed by atoms with Crippen molar-refractivity contribution in [3.63, 3.8) is 0 Å². The molecular formula is C15H26O3. The highest BCUT2D eigenvalue weighted by Gasteiger charge is 2.25. The van der Waals surface area contributed by atoms with E-state index < -0.39 is 0 Å². The molecule has 1 rings (SSSR count). The number of Topliss-reactive ketones (excluding diaryl/α,β-unsaturated/α-hetero) is 1. The second kappa shape index (κ2) is 8.28. The van der Waals surface area contributed by atoms with Crippen molar-refractivity contribution < 1.29 is 14.3 Å². The van der Waals surface area contributed by atoms with Crippen LogP contribution in [0.1, 0.15) is 65.2 Å². The first-order valence-corrected chi connectivity index (χ1v) is 7.31. The summed E-state index contributed by atoms with van der Waals surface area (Å²) in [5, 5.41) is 0. The van der Waals surface area contributed by atoms with Gasteiger partial charge in [0.05, 0.1) is 13.0 Å². The van der Waals surface area contributed by atoms with E-state index in [0.717, 1.165) is 32.1 Å². The highest BCUT2D eigenvalue weighted by atomic mass is 16.5. The van der Waals surface area contributed by atoms with E-state index in [1.807, 2.05) is 0 Å². The van der Waals surface area contributed by atoms with Gasteiger partial charge in [-0.3, -0.25) is 9.59 Å². The minimum atomic E-state index is -0.222. The molecule has 0 N–H and O–H groups in total. The lowest BCUT2D eigenvalue weighted by Crippen LogP contribution is -2.22. The molecule has 1 aliphatic rings. The predicted molar refractivity (Wildman–Crippen MR) is 71.2 cm³/mol. The maximum atomic E-state index is 12.0. The molecule has 0 aliphatic heterocycles. The average Bonchev–Trinajstić information content (AvgIpc) is 2.36. The molecule has 1 fully saturated rings. The lowest BCUT2D eigenvalue weighted by Gasteiger charge is -2.25. The van der Waals surface area contributed by atoms with E-state index in [9.17, 15) is 9.59 Å². The van der Waals surface area contributed by atoms with Crippen LogP contribution in [0, 0.1) is 11.8 Å². The number of rotatable bonds is 7. The van der Waals surface area contributed by atoms with Crippen LogP contribution in [0.4, 0.5) is 0 Å². The van der Waals surface area contributed by atoms with E-state index in [-0.39, 0.29) is 24.1 Å². The summed E-state index contributed by atoms with van der Waals surface area (Å²) in [6.07, 6.45) is 6.95. The Morgan fingerprint density at radius 2 is 2.00 bits per heavy atom. The molecule has 0 spiro atoms. The number of carbonyl (C=O) groups excluding carboxylic acids is 2. The maximum Gasteiger partial charge on any atom is 0.306 e. The van der Waals surface area contributed by atoms with Crippen molar-refractivity contribution in [1.29, 1.82) is 0 Å². The smallest absolute Gasteiger partial charge is 0.306 e. The van der Waals surface area contributed by atoms with Gasteiger partial charge in [0.15, 0.2) is 0 Å². The molecule has 1 aliphatic carbocycles. The fourth-order valence-corrected chi connectivity index (χ4v) is 2.56. The zero-order valence-electron chi connectivity index (χ0n) is 11.7. The van der Waals surface area contributed by atoms with Crippen LogP contribution >= 0.6 is 0 Å². The van der Waals surface area contributed by atoms with Crippen LogP contribution in [0.2, 0.25) is 0 Å². The Balaban J connectivity index is 2.17. The Bertz CT molecular complexity index is 273. The van der Waals surface area contributed by atoms with E-state index in [1.165, 1.54) is 6.42 Å². The largest absolute Gasteiger partial charge is 0.466 e. The van der Waals surface area contributed by atoms with Gasteiger partial charge in [-0.2, -0.15) is 0 Å². The lowest BCUT2D eigenvalue weighted by molar-refractivity contribution is -0.145. The van der Waals surface area contributed by atoms with Crippen LogP contribution in [-0.4, -0.2) is 18.4 Å². The standard InChI is InChI=1S/C15H26O3/c1-3-4-10-18-15(17)9-8-14(16)13-7-5-6-12(2)11-13/h12-13H,3-11H2,1-2H3. The number of esters is 1. The molecule has 3 nitrogen and oxygen atoms in total. The first-order chi connectivity index (χ1) is 8.63. The van der Waals surface area contributed by atoms with Gasteiger partial charge in [-0.05, 0) is 25.2 Å². The molecule has 0 aromatic carbocycles. The summed E-state index contributed by atoms with van der Waals surface area (Å²) in [6.45, 7) is 4.75. The number of carbonyl (C=O) groups is 2. The number of ether oxygens (including phenoxy) is 1. The van der Waals surface area contributed by atoms with Crippen LogP contribution in [-0.2, 0) is 14.3 Å². The van der Waals surface area contributed by atoms with E-state index in [1.54, 1.807) is 0 Å². The quantitative estimate of drug-likeness (QED) is 0.516. The maximum absolute atomic E-state index is 12.0. The molecule has 0 aromatic rings. The van der Waals surface area contributed by atoms with Gasteiger partial charge in [0, 0.05) is 12.3 Å². The van der Waals surface area contributed by atoms with Gasteiger partial charge in [-0.1, -0.05) is 33.1 Å². The zero-order valence-corrected chi connectivity index (χ0v) is 11.7. The monoisotopic (exact) mass is 254 g/mol. The van der Waals surface area contributed by atoms with E-state index >= 15 is 0 Å². The van der Waals surface area contributed by atoms with Crippen molar-refractivity contribution >= 4 is 11.8 Å². The predicted octanol–water partition coefficient (Wildman–Crippen LogP) is 3.51. The Labute approximate surface area is 110 Å². The number of hydrogen-bond acceptors (Lipinski definition) is 3. The summed E-state index contributed by atoms with van der Waals surface area (Å²) in [5.41, 5.74) is 0. The van der Waals surface area contributed by atoms with E-state index in [2.05, 4.69) is 13.8 Å². The molecule has 0 aromatic heterocycles. The minimum absolute atomic E-state index is 0.192. The highest BCUT2D eigenvalue weighted by molar-refractivity contribution is 5.84. The van der Waals surface area contributed by atoms with Gasteiger partial charge >= 0.3 is 5.97 Å². The molecule has 0 bridgehead atoms. The summed E-state index contributed by atoms with van der Waals surface area (Å²) < 4.78 is 5.05. The third kappa shape index (κ3) is 5.65. The fraction of sp³-hybridized carbons (Fsp3) is 0.867. The summed E-state index contributed by atoms with van der Waals surface area (Å²) >= 11 is 0. The second-order valence-electron chi connectivity index (χ2n) is 5.51. The molecule has 0 radical (unpaired) electrons. The lowest BCUT2D eigenvalue weighted by atomic mass is 9.79.